The Labute approximate surface area is 129 Å². The van der Waals surface area contributed by atoms with Crippen molar-refractivity contribution in [1.82, 2.24) is 20.3 Å². The number of carbonyl (C=O) groups is 1. The van der Waals surface area contributed by atoms with Crippen molar-refractivity contribution < 1.29 is 9.18 Å². The maximum absolute atomic E-state index is 13.1. The van der Waals surface area contributed by atoms with Gasteiger partial charge in [0, 0.05) is 19.8 Å². The molecule has 0 saturated heterocycles. The second-order valence-electron chi connectivity index (χ2n) is 4.47. The highest BCUT2D eigenvalue weighted by atomic mass is 32.1. The zero-order valence-electron chi connectivity index (χ0n) is 11.6. The maximum Gasteiger partial charge on any atom is 0.271 e. The summed E-state index contributed by atoms with van der Waals surface area (Å²) in [6.07, 6.45) is 2.69. The van der Waals surface area contributed by atoms with E-state index in [0.29, 0.717) is 29.3 Å². The first-order chi connectivity index (χ1) is 10.7. The number of hydrogen-bond acceptors (Lipinski definition) is 6. The number of aromatic nitrogens is 3. The molecule has 0 aliphatic rings. The van der Waals surface area contributed by atoms with Crippen LogP contribution in [-0.2, 0) is 6.54 Å². The third-order valence-corrected chi connectivity index (χ3v) is 3.87. The number of halogens is 1. The first-order valence-corrected chi connectivity index (χ1v) is 7.36. The van der Waals surface area contributed by atoms with Crippen LogP contribution in [0.3, 0.4) is 0 Å². The maximum atomic E-state index is 13.1. The van der Waals surface area contributed by atoms with Gasteiger partial charge in [-0.3, -0.25) is 9.78 Å². The minimum absolute atomic E-state index is 0.273. The Hall–Kier alpha value is -2.61. The molecule has 112 valence electrons. The minimum atomic E-state index is -0.403. The predicted molar refractivity (Wildman–Crippen MR) is 82.3 cm³/mol. The lowest BCUT2D eigenvalue weighted by molar-refractivity contribution is 0.0960. The Morgan fingerprint density at radius 3 is 3.00 bits per heavy atom. The molecule has 0 radical (unpaired) electrons. The first-order valence-electron chi connectivity index (χ1n) is 6.48. The molecule has 3 aromatic heterocycles. The number of carbonyl (C=O) groups excluding carboxylic acids is 1. The van der Waals surface area contributed by atoms with Crippen molar-refractivity contribution in [2.75, 3.05) is 12.4 Å². The Balaban J connectivity index is 1.89. The van der Waals surface area contributed by atoms with Crippen molar-refractivity contribution in [2.24, 2.45) is 0 Å². The van der Waals surface area contributed by atoms with Gasteiger partial charge in [0.25, 0.3) is 5.91 Å². The van der Waals surface area contributed by atoms with Gasteiger partial charge in [0.1, 0.15) is 5.82 Å². The highest BCUT2D eigenvalue weighted by molar-refractivity contribution is 7.17. The molecule has 0 aliphatic carbocycles. The van der Waals surface area contributed by atoms with Gasteiger partial charge in [-0.2, -0.15) is 0 Å². The second-order valence-corrected chi connectivity index (χ2v) is 5.39. The van der Waals surface area contributed by atoms with E-state index >= 15 is 0 Å². The minimum Gasteiger partial charge on any atom is -0.354 e. The molecule has 8 heteroatoms. The summed E-state index contributed by atoms with van der Waals surface area (Å²) in [5.74, 6) is -0.362. The number of pyridine rings is 1. The average Bonchev–Trinajstić information content (AvgIpc) is 3.00. The summed E-state index contributed by atoms with van der Waals surface area (Å²) in [5.41, 5.74) is 1.68. The van der Waals surface area contributed by atoms with Crippen LogP contribution >= 0.6 is 11.3 Å². The lowest BCUT2D eigenvalue weighted by Crippen LogP contribution is -2.20. The SMILES string of the molecule is CNC(=O)c1nc(NCc2cncc(F)c2)nc2ccsc12. The van der Waals surface area contributed by atoms with Gasteiger partial charge in [-0.25, -0.2) is 14.4 Å². The van der Waals surface area contributed by atoms with Crippen molar-refractivity contribution in [2.45, 2.75) is 6.54 Å². The van der Waals surface area contributed by atoms with Crippen LogP contribution in [0.1, 0.15) is 16.1 Å². The average molecular weight is 317 g/mol. The quantitative estimate of drug-likeness (QED) is 0.771. The van der Waals surface area contributed by atoms with Crippen molar-refractivity contribution >= 4 is 33.4 Å². The van der Waals surface area contributed by atoms with Crippen molar-refractivity contribution in [3.8, 4) is 0 Å². The van der Waals surface area contributed by atoms with E-state index in [-0.39, 0.29) is 5.91 Å². The molecule has 2 N–H and O–H groups in total. The van der Waals surface area contributed by atoms with Gasteiger partial charge in [-0.1, -0.05) is 0 Å². The molecule has 3 heterocycles. The third-order valence-electron chi connectivity index (χ3n) is 2.96. The standard InChI is InChI=1S/C14H12FN5OS/c1-16-13(21)11-12-10(2-3-22-12)19-14(20-11)18-6-8-4-9(15)7-17-5-8/h2-5,7H,6H2,1H3,(H,16,21)(H,18,19,20). The fraction of sp³-hybridized carbons (Fsp3) is 0.143. The summed E-state index contributed by atoms with van der Waals surface area (Å²) in [6.45, 7) is 0.313. The zero-order valence-corrected chi connectivity index (χ0v) is 12.4. The molecule has 1 amide bonds. The Bertz CT molecular complexity index is 835. The van der Waals surface area contributed by atoms with Crippen molar-refractivity contribution in [3.63, 3.8) is 0 Å². The molecule has 0 unspecified atom stereocenters. The number of amides is 1. The lowest BCUT2D eigenvalue weighted by atomic mass is 10.3. The molecule has 3 aromatic rings. The fourth-order valence-corrected chi connectivity index (χ4v) is 2.77. The Kier molecular flexibility index (Phi) is 3.92. The molecule has 0 aromatic carbocycles. The molecule has 3 rings (SSSR count). The summed E-state index contributed by atoms with van der Waals surface area (Å²) >= 11 is 1.41. The molecule has 6 nitrogen and oxygen atoms in total. The largest absolute Gasteiger partial charge is 0.354 e. The summed E-state index contributed by atoms with van der Waals surface area (Å²) in [6, 6.07) is 3.20. The van der Waals surface area contributed by atoms with E-state index in [9.17, 15) is 9.18 Å². The van der Waals surface area contributed by atoms with Crippen molar-refractivity contribution in [3.05, 3.63) is 47.0 Å². The molecule has 22 heavy (non-hydrogen) atoms. The van der Waals surface area contributed by atoms with E-state index < -0.39 is 5.82 Å². The summed E-state index contributed by atoms with van der Waals surface area (Å²) < 4.78 is 13.8. The second kappa shape index (κ2) is 6.02. The summed E-state index contributed by atoms with van der Waals surface area (Å²) in [7, 11) is 1.55. The zero-order chi connectivity index (χ0) is 15.5. The van der Waals surface area contributed by atoms with Gasteiger partial charge < -0.3 is 10.6 Å². The van der Waals surface area contributed by atoms with Crippen LogP contribution in [-0.4, -0.2) is 27.9 Å². The molecule has 0 aliphatic heterocycles. The number of nitrogens with zero attached hydrogens (tertiary/aromatic N) is 3. The topological polar surface area (TPSA) is 79.8 Å². The van der Waals surface area contributed by atoms with Crippen LogP contribution in [0.15, 0.2) is 29.9 Å². The third kappa shape index (κ3) is 2.86. The van der Waals surface area contributed by atoms with E-state index in [1.807, 2.05) is 11.4 Å². The monoisotopic (exact) mass is 317 g/mol. The molecule has 0 atom stereocenters. The predicted octanol–water partition coefficient (Wildman–Crippen LogP) is 2.20. The molecule has 0 bridgehead atoms. The van der Waals surface area contributed by atoms with Crippen LogP contribution in [0, 0.1) is 5.82 Å². The molecular formula is C14H12FN5OS. The van der Waals surface area contributed by atoms with Gasteiger partial charge >= 0.3 is 0 Å². The van der Waals surface area contributed by atoms with Crippen molar-refractivity contribution in [1.29, 1.82) is 0 Å². The van der Waals surface area contributed by atoms with Gasteiger partial charge in [0.15, 0.2) is 5.69 Å². The summed E-state index contributed by atoms with van der Waals surface area (Å²) in [4.78, 5) is 24.3. The summed E-state index contributed by atoms with van der Waals surface area (Å²) in [5, 5.41) is 7.40. The molecular weight excluding hydrogens is 305 g/mol. The lowest BCUT2D eigenvalue weighted by Gasteiger charge is -2.07. The van der Waals surface area contributed by atoms with Gasteiger partial charge in [0.2, 0.25) is 5.95 Å². The normalized spacial score (nSPS) is 10.6. The Morgan fingerprint density at radius 1 is 1.36 bits per heavy atom. The van der Waals surface area contributed by atoms with E-state index in [2.05, 4.69) is 25.6 Å². The number of anilines is 1. The number of hydrogen-bond donors (Lipinski definition) is 2. The number of nitrogens with one attached hydrogen (secondary N) is 2. The number of thiophene rings is 1. The Morgan fingerprint density at radius 2 is 2.23 bits per heavy atom. The molecule has 0 fully saturated rings. The van der Waals surface area contributed by atoms with Gasteiger partial charge in [-0.05, 0) is 23.1 Å². The molecule has 0 saturated carbocycles. The van der Waals surface area contributed by atoms with Crippen LogP contribution in [0.5, 0.6) is 0 Å². The fourth-order valence-electron chi connectivity index (χ4n) is 1.95. The highest BCUT2D eigenvalue weighted by Crippen LogP contribution is 2.23. The van der Waals surface area contributed by atoms with E-state index in [0.717, 1.165) is 10.9 Å². The number of rotatable bonds is 4. The van der Waals surface area contributed by atoms with Crippen LogP contribution in [0.4, 0.5) is 10.3 Å². The van der Waals surface area contributed by atoms with Gasteiger partial charge in [-0.15, -0.1) is 11.3 Å². The first kappa shape index (κ1) is 14.3. The van der Waals surface area contributed by atoms with Crippen LogP contribution in [0.2, 0.25) is 0 Å². The van der Waals surface area contributed by atoms with Gasteiger partial charge in [0.05, 0.1) is 16.4 Å². The molecule has 0 spiro atoms. The number of fused-ring (bicyclic) bond motifs is 1. The van der Waals surface area contributed by atoms with E-state index in [4.69, 9.17) is 0 Å². The van der Waals surface area contributed by atoms with Crippen LogP contribution in [0.25, 0.3) is 10.2 Å². The van der Waals surface area contributed by atoms with E-state index in [1.54, 1.807) is 13.2 Å². The smallest absolute Gasteiger partial charge is 0.271 e. The highest BCUT2D eigenvalue weighted by Gasteiger charge is 2.14. The van der Waals surface area contributed by atoms with Crippen LogP contribution < -0.4 is 10.6 Å². The van der Waals surface area contributed by atoms with E-state index in [1.165, 1.54) is 17.4 Å².